The first-order chi connectivity index (χ1) is 11.9. The van der Waals surface area contributed by atoms with E-state index in [0.717, 1.165) is 16.9 Å². The molecular formula is C18H22Cl2IN3O2. The number of guanidine groups is 1. The molecule has 2 rings (SSSR count). The molecule has 2 atom stereocenters. The first kappa shape index (κ1) is 22.8. The van der Waals surface area contributed by atoms with Crippen LogP contribution in [0.3, 0.4) is 0 Å². The quantitative estimate of drug-likeness (QED) is 0.308. The molecular weight excluding hydrogens is 488 g/mol. The Hall–Kier alpha value is -1.22. The predicted octanol–water partition coefficient (Wildman–Crippen LogP) is 4.32. The zero-order valence-corrected chi connectivity index (χ0v) is 18.3. The van der Waals surface area contributed by atoms with E-state index in [0.29, 0.717) is 10.0 Å². The molecule has 0 aliphatic heterocycles. The number of halogens is 3. The molecule has 0 spiro atoms. The van der Waals surface area contributed by atoms with Gasteiger partial charge in [-0.3, -0.25) is 4.99 Å². The van der Waals surface area contributed by atoms with Crippen molar-refractivity contribution in [1.29, 1.82) is 0 Å². The van der Waals surface area contributed by atoms with E-state index in [1.54, 1.807) is 43.5 Å². The Morgan fingerprint density at radius 1 is 1.23 bits per heavy atom. The van der Waals surface area contributed by atoms with Gasteiger partial charge in [0.2, 0.25) is 0 Å². The first-order valence-electron chi connectivity index (χ1n) is 7.74. The van der Waals surface area contributed by atoms with Crippen LogP contribution in [0.4, 0.5) is 0 Å². The van der Waals surface area contributed by atoms with Gasteiger partial charge < -0.3 is 20.9 Å². The fourth-order valence-corrected chi connectivity index (χ4v) is 2.89. The van der Waals surface area contributed by atoms with E-state index in [2.05, 4.69) is 10.3 Å². The highest BCUT2D eigenvalue weighted by atomic mass is 127. The molecule has 0 fully saturated rings. The number of nitrogens with zero attached hydrogens (tertiary/aromatic N) is 1. The molecule has 0 aromatic heterocycles. The molecule has 0 heterocycles. The summed E-state index contributed by atoms with van der Waals surface area (Å²) < 4.78 is 5.09. The van der Waals surface area contributed by atoms with Crippen molar-refractivity contribution in [1.82, 2.24) is 5.32 Å². The maximum absolute atomic E-state index is 10.2. The number of ether oxygens (including phenoxy) is 1. The van der Waals surface area contributed by atoms with Crippen molar-refractivity contribution in [3.8, 4) is 5.75 Å². The Kier molecular flexibility index (Phi) is 9.49. The Labute approximate surface area is 180 Å². The van der Waals surface area contributed by atoms with Crippen LogP contribution in [-0.4, -0.2) is 24.7 Å². The van der Waals surface area contributed by atoms with Crippen molar-refractivity contribution >= 4 is 53.1 Å². The lowest BCUT2D eigenvalue weighted by Gasteiger charge is -2.17. The number of rotatable bonds is 6. The molecule has 142 valence electrons. The lowest BCUT2D eigenvalue weighted by Crippen LogP contribution is -2.34. The molecule has 2 unspecified atom stereocenters. The molecule has 26 heavy (non-hydrogen) atoms. The summed E-state index contributed by atoms with van der Waals surface area (Å²) >= 11 is 12.1. The highest BCUT2D eigenvalue weighted by molar-refractivity contribution is 14.0. The number of aliphatic hydroxyl groups is 1. The Bertz CT molecular complexity index is 742. The molecule has 2 aromatic rings. The summed E-state index contributed by atoms with van der Waals surface area (Å²) in [4.78, 5) is 4.19. The molecule has 8 heteroatoms. The van der Waals surface area contributed by atoms with Crippen LogP contribution in [0.25, 0.3) is 0 Å². The fourth-order valence-electron chi connectivity index (χ4n) is 2.31. The van der Waals surface area contributed by atoms with Crippen LogP contribution in [0, 0.1) is 0 Å². The van der Waals surface area contributed by atoms with Gasteiger partial charge in [-0.05, 0) is 42.3 Å². The number of aliphatic imine (C=N–C) groups is 1. The second kappa shape index (κ2) is 10.8. The molecule has 4 N–H and O–H groups in total. The van der Waals surface area contributed by atoms with Gasteiger partial charge in [0.1, 0.15) is 5.75 Å². The van der Waals surface area contributed by atoms with Crippen molar-refractivity contribution in [2.75, 3.05) is 13.7 Å². The van der Waals surface area contributed by atoms with Crippen LogP contribution in [0.2, 0.25) is 10.0 Å². The highest BCUT2D eigenvalue weighted by Crippen LogP contribution is 2.26. The number of nitrogens with one attached hydrogen (secondary N) is 1. The normalized spacial score (nSPS) is 13.5. The molecule has 0 saturated heterocycles. The standard InChI is InChI=1S/C18H21Cl2N3O2.HI/c1-11(15-8-5-13(19)9-16(15)20)23-18(21)22-10-17(24)12-3-6-14(25-2)7-4-12;/h3-9,11,17,24H,10H2,1-2H3,(H3,21,22,23);1H. The van der Waals surface area contributed by atoms with E-state index in [4.69, 9.17) is 33.7 Å². The van der Waals surface area contributed by atoms with Crippen LogP contribution in [0.15, 0.2) is 47.5 Å². The maximum Gasteiger partial charge on any atom is 0.189 e. The third-order valence-corrected chi connectivity index (χ3v) is 4.29. The molecule has 0 aliphatic rings. The second-order valence-electron chi connectivity index (χ2n) is 5.55. The van der Waals surface area contributed by atoms with E-state index < -0.39 is 6.10 Å². The van der Waals surface area contributed by atoms with Crippen molar-refractivity contribution in [3.05, 3.63) is 63.6 Å². The lowest BCUT2D eigenvalue weighted by molar-refractivity contribution is 0.187. The smallest absolute Gasteiger partial charge is 0.189 e. The van der Waals surface area contributed by atoms with Gasteiger partial charge in [0.25, 0.3) is 0 Å². The van der Waals surface area contributed by atoms with Crippen molar-refractivity contribution < 1.29 is 9.84 Å². The zero-order valence-electron chi connectivity index (χ0n) is 14.4. The van der Waals surface area contributed by atoms with Crippen LogP contribution in [0.5, 0.6) is 5.75 Å². The highest BCUT2D eigenvalue weighted by Gasteiger charge is 2.12. The fraction of sp³-hybridized carbons (Fsp3) is 0.278. The third-order valence-electron chi connectivity index (χ3n) is 3.73. The zero-order chi connectivity index (χ0) is 18.4. The predicted molar refractivity (Wildman–Crippen MR) is 118 cm³/mol. The minimum atomic E-state index is -0.749. The van der Waals surface area contributed by atoms with E-state index in [1.165, 1.54) is 0 Å². The number of hydrogen-bond acceptors (Lipinski definition) is 3. The topological polar surface area (TPSA) is 79.9 Å². The van der Waals surface area contributed by atoms with Gasteiger partial charge in [0, 0.05) is 10.0 Å². The van der Waals surface area contributed by atoms with E-state index in [-0.39, 0.29) is 42.5 Å². The van der Waals surface area contributed by atoms with Crippen LogP contribution < -0.4 is 15.8 Å². The Balaban J connectivity index is 0.00000338. The summed E-state index contributed by atoms with van der Waals surface area (Å²) in [6.07, 6.45) is -0.749. The molecule has 5 nitrogen and oxygen atoms in total. The third kappa shape index (κ3) is 6.50. The van der Waals surface area contributed by atoms with E-state index in [1.807, 2.05) is 13.0 Å². The van der Waals surface area contributed by atoms with Crippen molar-refractivity contribution in [2.24, 2.45) is 10.7 Å². The minimum Gasteiger partial charge on any atom is -0.497 e. The molecule has 2 aromatic carbocycles. The van der Waals surface area contributed by atoms with Gasteiger partial charge in [0.05, 0.1) is 25.8 Å². The van der Waals surface area contributed by atoms with Gasteiger partial charge in [0.15, 0.2) is 5.96 Å². The largest absolute Gasteiger partial charge is 0.497 e. The summed E-state index contributed by atoms with van der Waals surface area (Å²) in [6.45, 7) is 2.06. The van der Waals surface area contributed by atoms with Crippen LogP contribution in [0.1, 0.15) is 30.2 Å². The van der Waals surface area contributed by atoms with Gasteiger partial charge in [-0.15, -0.1) is 24.0 Å². The molecule has 0 bridgehead atoms. The Morgan fingerprint density at radius 3 is 2.46 bits per heavy atom. The number of aliphatic hydroxyl groups excluding tert-OH is 1. The minimum absolute atomic E-state index is 0. The van der Waals surface area contributed by atoms with E-state index in [9.17, 15) is 5.11 Å². The number of hydrogen-bond donors (Lipinski definition) is 3. The summed E-state index contributed by atoms with van der Waals surface area (Å²) in [6, 6.07) is 12.3. The van der Waals surface area contributed by atoms with E-state index >= 15 is 0 Å². The molecule has 0 saturated carbocycles. The summed E-state index contributed by atoms with van der Waals surface area (Å²) in [5.74, 6) is 0.959. The monoisotopic (exact) mass is 509 g/mol. The van der Waals surface area contributed by atoms with Crippen LogP contribution >= 0.6 is 47.2 Å². The van der Waals surface area contributed by atoms with Crippen molar-refractivity contribution in [2.45, 2.75) is 19.1 Å². The maximum atomic E-state index is 10.2. The lowest BCUT2D eigenvalue weighted by atomic mass is 10.1. The Morgan fingerprint density at radius 2 is 1.88 bits per heavy atom. The van der Waals surface area contributed by atoms with Gasteiger partial charge in [-0.2, -0.15) is 0 Å². The summed E-state index contributed by atoms with van der Waals surface area (Å²) in [5.41, 5.74) is 7.51. The SMILES string of the molecule is COc1ccc(C(O)CN=C(N)NC(C)c2ccc(Cl)cc2Cl)cc1.I. The molecule has 0 amide bonds. The van der Waals surface area contributed by atoms with Crippen LogP contribution in [-0.2, 0) is 0 Å². The molecule has 0 aliphatic carbocycles. The average molecular weight is 510 g/mol. The van der Waals surface area contributed by atoms with Gasteiger partial charge in [-0.1, -0.05) is 41.4 Å². The number of methoxy groups -OCH3 is 1. The van der Waals surface area contributed by atoms with Gasteiger partial charge in [-0.25, -0.2) is 0 Å². The second-order valence-corrected chi connectivity index (χ2v) is 6.39. The average Bonchev–Trinajstić information content (AvgIpc) is 2.59. The number of nitrogens with two attached hydrogens (primary N) is 1. The van der Waals surface area contributed by atoms with Gasteiger partial charge >= 0.3 is 0 Å². The molecule has 0 radical (unpaired) electrons. The first-order valence-corrected chi connectivity index (χ1v) is 8.49. The van der Waals surface area contributed by atoms with Crippen molar-refractivity contribution in [3.63, 3.8) is 0 Å². The number of benzene rings is 2. The summed E-state index contributed by atoms with van der Waals surface area (Å²) in [7, 11) is 1.59. The summed E-state index contributed by atoms with van der Waals surface area (Å²) in [5, 5.41) is 14.4.